The fourth-order valence-corrected chi connectivity index (χ4v) is 4.32. The van der Waals surface area contributed by atoms with E-state index in [1.165, 1.54) is 0 Å². The zero-order valence-electron chi connectivity index (χ0n) is 17.2. The lowest BCUT2D eigenvalue weighted by atomic mass is 9.94. The lowest BCUT2D eigenvalue weighted by Gasteiger charge is -2.17. The van der Waals surface area contributed by atoms with Gasteiger partial charge in [-0.25, -0.2) is 4.98 Å². The number of carbonyl (C=O) groups is 1. The van der Waals surface area contributed by atoms with Crippen molar-refractivity contribution < 1.29 is 4.79 Å². The number of hydrogen-bond acceptors (Lipinski definition) is 2. The first kappa shape index (κ1) is 21.8. The Morgan fingerprint density at radius 3 is 2.35 bits per heavy atom. The number of amides is 1. The summed E-state index contributed by atoms with van der Waals surface area (Å²) in [6.07, 6.45) is 0. The van der Waals surface area contributed by atoms with Crippen LogP contribution in [0.5, 0.6) is 0 Å². The summed E-state index contributed by atoms with van der Waals surface area (Å²) in [6, 6.07) is 16.9. The molecule has 3 aromatic carbocycles. The molecule has 4 aromatic rings. The molecule has 0 spiro atoms. The standard InChI is InChI=1S/C25H19BrCl2N2O/c1-13-10-14(2)23-19(11-13)22(25(31)29-18-8-9-20(26)21(28)12-18)15(3)24(30-23)16-4-6-17(27)7-5-16/h4-12H,1-3H3,(H,29,31). The van der Waals surface area contributed by atoms with Gasteiger partial charge in [0.05, 0.1) is 21.8 Å². The Morgan fingerprint density at radius 1 is 0.968 bits per heavy atom. The summed E-state index contributed by atoms with van der Waals surface area (Å²) >= 11 is 15.7. The number of hydrogen-bond donors (Lipinski definition) is 1. The van der Waals surface area contributed by atoms with Crippen LogP contribution in [0.1, 0.15) is 27.0 Å². The van der Waals surface area contributed by atoms with Gasteiger partial charge in [0.15, 0.2) is 0 Å². The van der Waals surface area contributed by atoms with Gasteiger partial charge >= 0.3 is 0 Å². The van der Waals surface area contributed by atoms with E-state index in [1.54, 1.807) is 6.07 Å². The van der Waals surface area contributed by atoms with Gasteiger partial charge in [0.25, 0.3) is 5.91 Å². The molecule has 6 heteroatoms. The zero-order valence-corrected chi connectivity index (χ0v) is 20.3. The van der Waals surface area contributed by atoms with E-state index in [4.69, 9.17) is 28.2 Å². The van der Waals surface area contributed by atoms with Gasteiger partial charge in [0.2, 0.25) is 0 Å². The number of aryl methyl sites for hydroxylation is 2. The first-order chi connectivity index (χ1) is 14.7. The Labute approximate surface area is 199 Å². The van der Waals surface area contributed by atoms with E-state index in [1.807, 2.05) is 63.2 Å². The van der Waals surface area contributed by atoms with E-state index < -0.39 is 0 Å². The second-order valence-electron chi connectivity index (χ2n) is 7.53. The summed E-state index contributed by atoms with van der Waals surface area (Å²) in [5, 5.41) is 5.00. The van der Waals surface area contributed by atoms with E-state index in [-0.39, 0.29) is 5.91 Å². The van der Waals surface area contributed by atoms with E-state index in [0.717, 1.165) is 43.3 Å². The molecule has 1 amide bonds. The average molecular weight is 514 g/mol. The first-order valence-electron chi connectivity index (χ1n) is 9.68. The quantitative estimate of drug-likeness (QED) is 0.300. The second kappa shape index (κ2) is 8.62. The van der Waals surface area contributed by atoms with Crippen molar-refractivity contribution in [3.63, 3.8) is 0 Å². The molecule has 0 unspecified atom stereocenters. The van der Waals surface area contributed by atoms with Gasteiger partial charge in [-0.05, 0) is 84.2 Å². The topological polar surface area (TPSA) is 42.0 Å². The Hall–Kier alpha value is -2.40. The van der Waals surface area contributed by atoms with Crippen molar-refractivity contribution in [2.45, 2.75) is 20.8 Å². The minimum Gasteiger partial charge on any atom is -0.322 e. The van der Waals surface area contributed by atoms with Gasteiger partial charge in [-0.3, -0.25) is 4.79 Å². The number of anilines is 1. The Morgan fingerprint density at radius 2 is 1.68 bits per heavy atom. The van der Waals surface area contributed by atoms with E-state index >= 15 is 0 Å². The van der Waals surface area contributed by atoms with Crippen LogP contribution in [0.4, 0.5) is 5.69 Å². The molecule has 1 aromatic heterocycles. The number of pyridine rings is 1. The minimum absolute atomic E-state index is 0.205. The van der Waals surface area contributed by atoms with Crippen molar-refractivity contribution in [2.24, 2.45) is 0 Å². The summed E-state index contributed by atoms with van der Waals surface area (Å²) in [5.74, 6) is -0.205. The molecular formula is C25H19BrCl2N2O. The molecule has 156 valence electrons. The van der Waals surface area contributed by atoms with Crippen LogP contribution in [0.25, 0.3) is 22.2 Å². The molecule has 31 heavy (non-hydrogen) atoms. The van der Waals surface area contributed by atoms with Gasteiger partial charge in [-0.2, -0.15) is 0 Å². The predicted octanol–water partition coefficient (Wildman–Crippen LogP) is 8.15. The van der Waals surface area contributed by atoms with Crippen LogP contribution in [-0.4, -0.2) is 10.9 Å². The highest BCUT2D eigenvalue weighted by Crippen LogP contribution is 2.33. The summed E-state index contributed by atoms with van der Waals surface area (Å²) in [7, 11) is 0. The smallest absolute Gasteiger partial charge is 0.256 e. The van der Waals surface area contributed by atoms with Crippen LogP contribution < -0.4 is 5.32 Å². The average Bonchev–Trinajstić information content (AvgIpc) is 2.71. The van der Waals surface area contributed by atoms with Gasteiger partial charge in [-0.15, -0.1) is 0 Å². The van der Waals surface area contributed by atoms with Gasteiger partial charge in [0, 0.05) is 26.1 Å². The van der Waals surface area contributed by atoms with Crippen LogP contribution in [0.3, 0.4) is 0 Å². The van der Waals surface area contributed by atoms with E-state index in [0.29, 0.717) is 21.3 Å². The third-order valence-corrected chi connectivity index (χ3v) is 6.67. The Balaban J connectivity index is 1.93. The van der Waals surface area contributed by atoms with Crippen LogP contribution in [0.2, 0.25) is 10.0 Å². The monoisotopic (exact) mass is 512 g/mol. The van der Waals surface area contributed by atoms with Crippen molar-refractivity contribution in [3.05, 3.63) is 91.4 Å². The Bertz CT molecular complexity index is 1330. The van der Waals surface area contributed by atoms with E-state index in [9.17, 15) is 4.79 Å². The third-order valence-electron chi connectivity index (χ3n) is 5.19. The number of rotatable bonds is 3. The zero-order chi connectivity index (χ0) is 22.3. The number of aromatic nitrogens is 1. The van der Waals surface area contributed by atoms with Gasteiger partial charge in [-0.1, -0.05) is 47.0 Å². The number of nitrogens with one attached hydrogen (secondary N) is 1. The molecular weight excluding hydrogens is 495 g/mol. The highest BCUT2D eigenvalue weighted by molar-refractivity contribution is 9.10. The maximum absolute atomic E-state index is 13.5. The number of nitrogens with zero attached hydrogens (tertiary/aromatic N) is 1. The van der Waals surface area contributed by atoms with Gasteiger partial charge < -0.3 is 5.32 Å². The number of halogens is 3. The van der Waals surface area contributed by atoms with Crippen LogP contribution in [-0.2, 0) is 0 Å². The van der Waals surface area contributed by atoms with Crippen molar-refractivity contribution in [2.75, 3.05) is 5.32 Å². The molecule has 3 nitrogen and oxygen atoms in total. The first-order valence-corrected chi connectivity index (χ1v) is 11.2. The van der Waals surface area contributed by atoms with Gasteiger partial charge in [0.1, 0.15) is 0 Å². The van der Waals surface area contributed by atoms with Crippen molar-refractivity contribution >= 4 is 61.6 Å². The molecule has 0 atom stereocenters. The molecule has 1 N–H and O–H groups in total. The van der Waals surface area contributed by atoms with E-state index in [2.05, 4.69) is 27.3 Å². The minimum atomic E-state index is -0.205. The molecule has 1 heterocycles. The summed E-state index contributed by atoms with van der Waals surface area (Å²) in [4.78, 5) is 18.4. The summed E-state index contributed by atoms with van der Waals surface area (Å²) in [6.45, 7) is 5.96. The molecule has 0 aliphatic rings. The van der Waals surface area contributed by atoms with Crippen molar-refractivity contribution in [1.29, 1.82) is 0 Å². The normalized spacial score (nSPS) is 11.0. The van der Waals surface area contributed by atoms with Crippen LogP contribution in [0.15, 0.2) is 59.1 Å². The molecule has 0 bridgehead atoms. The van der Waals surface area contributed by atoms with Crippen molar-refractivity contribution in [1.82, 2.24) is 4.98 Å². The molecule has 0 fully saturated rings. The Kier molecular flexibility index (Phi) is 6.07. The largest absolute Gasteiger partial charge is 0.322 e. The number of carbonyl (C=O) groups excluding carboxylic acids is 1. The maximum Gasteiger partial charge on any atom is 0.256 e. The third kappa shape index (κ3) is 4.33. The van der Waals surface area contributed by atoms with Crippen LogP contribution >= 0.6 is 39.1 Å². The predicted molar refractivity (Wildman–Crippen MR) is 134 cm³/mol. The molecule has 0 aliphatic carbocycles. The summed E-state index contributed by atoms with van der Waals surface area (Å²) in [5.41, 5.74) is 6.60. The molecule has 0 radical (unpaired) electrons. The lowest BCUT2D eigenvalue weighted by Crippen LogP contribution is -2.15. The van der Waals surface area contributed by atoms with Crippen LogP contribution in [0, 0.1) is 20.8 Å². The molecule has 0 aliphatic heterocycles. The fraction of sp³-hybridized carbons (Fsp3) is 0.120. The second-order valence-corrected chi connectivity index (χ2v) is 9.23. The molecule has 0 saturated heterocycles. The van der Waals surface area contributed by atoms with Crippen molar-refractivity contribution in [3.8, 4) is 11.3 Å². The fourth-order valence-electron chi connectivity index (χ4n) is 3.76. The summed E-state index contributed by atoms with van der Waals surface area (Å²) < 4.78 is 0.772. The molecule has 4 rings (SSSR count). The number of benzene rings is 3. The lowest BCUT2D eigenvalue weighted by molar-refractivity contribution is 0.102. The molecule has 0 saturated carbocycles. The highest BCUT2D eigenvalue weighted by atomic mass is 79.9. The highest BCUT2D eigenvalue weighted by Gasteiger charge is 2.20. The maximum atomic E-state index is 13.5. The number of fused-ring (bicyclic) bond motifs is 1. The SMILES string of the molecule is Cc1cc(C)c2nc(-c3ccc(Cl)cc3)c(C)c(C(=O)Nc3ccc(Br)c(Cl)c3)c2c1.